The number of rotatable bonds is 6. The Morgan fingerprint density at radius 3 is 1.83 bits per heavy atom. The van der Waals surface area contributed by atoms with Crippen molar-refractivity contribution in [3.63, 3.8) is 0 Å². The first-order chi connectivity index (χ1) is 11.0. The highest BCUT2D eigenvalue weighted by molar-refractivity contribution is 5.99. The van der Waals surface area contributed by atoms with Crippen LogP contribution in [-0.4, -0.2) is 40.2 Å². The Balaban J connectivity index is 0.000000640. The van der Waals surface area contributed by atoms with Gasteiger partial charge in [0, 0.05) is 17.0 Å². The van der Waals surface area contributed by atoms with E-state index in [4.69, 9.17) is 14.9 Å². The van der Waals surface area contributed by atoms with Gasteiger partial charge in [0.05, 0.1) is 7.11 Å². The fourth-order valence-corrected chi connectivity index (χ4v) is 2.03. The molecule has 1 rings (SSSR count). The van der Waals surface area contributed by atoms with E-state index in [0.29, 0.717) is 11.3 Å². The largest absolute Gasteiger partial charge is 0.504 e. The summed E-state index contributed by atoms with van der Waals surface area (Å²) in [6, 6.07) is 3.19. The highest BCUT2D eigenvalue weighted by atomic mass is 16.5. The van der Waals surface area contributed by atoms with E-state index in [2.05, 4.69) is 0 Å². The van der Waals surface area contributed by atoms with Gasteiger partial charge in [-0.25, -0.2) is 0 Å². The van der Waals surface area contributed by atoms with E-state index >= 15 is 0 Å². The second kappa shape index (κ2) is 9.54. The van der Waals surface area contributed by atoms with E-state index in [-0.39, 0.29) is 23.4 Å². The third kappa shape index (κ3) is 6.28. The van der Waals surface area contributed by atoms with Gasteiger partial charge >= 0.3 is 11.9 Å². The average molecular weight is 340 g/mol. The summed E-state index contributed by atoms with van der Waals surface area (Å²) in [7, 11) is 1.50. The van der Waals surface area contributed by atoms with Crippen molar-refractivity contribution in [3.05, 3.63) is 23.3 Å². The highest BCUT2D eigenvalue weighted by Gasteiger charge is 2.22. The van der Waals surface area contributed by atoms with Crippen LogP contribution in [0.15, 0.2) is 12.1 Å². The molecule has 0 saturated carbocycles. The average Bonchev–Trinajstić information content (AvgIpc) is 2.44. The first-order valence-corrected chi connectivity index (χ1v) is 7.40. The van der Waals surface area contributed by atoms with Gasteiger partial charge in [-0.2, -0.15) is 0 Å². The monoisotopic (exact) mass is 340 g/mol. The lowest BCUT2D eigenvalue weighted by molar-refractivity contribution is -0.147. The maximum Gasteiger partial charge on any atom is 0.314 e. The Morgan fingerprint density at radius 2 is 1.54 bits per heavy atom. The minimum absolute atomic E-state index is 0.0678. The van der Waals surface area contributed by atoms with Gasteiger partial charge in [0.25, 0.3) is 0 Å². The number of aromatic hydroxyl groups is 1. The standard InChI is InChI=1S/C14H20O3.C3H4O4/c1-8(2)12-10(13(16)9(3)4)6-7-11(15)14(12)17-5;4-2(5)1-3(6)7/h6-9,15H,1-5H3;1H2,(H,4,5)(H,6,7). The lowest BCUT2D eigenvalue weighted by Crippen LogP contribution is -2.12. The van der Waals surface area contributed by atoms with Gasteiger partial charge in [-0.3, -0.25) is 14.4 Å². The molecule has 0 spiro atoms. The van der Waals surface area contributed by atoms with Gasteiger partial charge in [0.2, 0.25) is 0 Å². The van der Waals surface area contributed by atoms with Gasteiger partial charge in [0.1, 0.15) is 6.42 Å². The molecule has 0 heterocycles. The zero-order valence-corrected chi connectivity index (χ0v) is 14.5. The molecule has 0 bridgehead atoms. The second-order valence-corrected chi connectivity index (χ2v) is 5.72. The number of carboxylic acid groups (broad SMARTS) is 2. The maximum absolute atomic E-state index is 12.1. The van der Waals surface area contributed by atoms with Crippen LogP contribution in [-0.2, 0) is 9.59 Å². The van der Waals surface area contributed by atoms with Crippen LogP contribution in [0.4, 0.5) is 0 Å². The van der Waals surface area contributed by atoms with Crippen LogP contribution >= 0.6 is 0 Å². The number of ether oxygens (including phenoxy) is 1. The smallest absolute Gasteiger partial charge is 0.314 e. The Bertz CT molecular complexity index is 591. The third-order valence-electron chi connectivity index (χ3n) is 3.05. The zero-order chi connectivity index (χ0) is 19.0. The van der Waals surface area contributed by atoms with Crippen molar-refractivity contribution in [3.8, 4) is 11.5 Å². The number of methoxy groups -OCH3 is 1. The molecule has 0 saturated heterocycles. The number of hydrogen-bond donors (Lipinski definition) is 3. The molecular weight excluding hydrogens is 316 g/mol. The summed E-state index contributed by atoms with van der Waals surface area (Å²) >= 11 is 0. The minimum Gasteiger partial charge on any atom is -0.504 e. The number of ketones is 1. The van der Waals surface area contributed by atoms with Crippen LogP contribution in [0.2, 0.25) is 0 Å². The molecule has 0 aliphatic rings. The lowest BCUT2D eigenvalue weighted by atomic mass is 9.89. The number of aliphatic carboxylic acids is 2. The van der Waals surface area contributed by atoms with Crippen molar-refractivity contribution >= 4 is 17.7 Å². The van der Waals surface area contributed by atoms with Gasteiger partial charge < -0.3 is 20.1 Å². The summed E-state index contributed by atoms with van der Waals surface area (Å²) in [6.45, 7) is 7.69. The van der Waals surface area contributed by atoms with E-state index in [1.165, 1.54) is 13.2 Å². The molecule has 7 heteroatoms. The summed E-state index contributed by atoms with van der Waals surface area (Å²) in [5.41, 5.74) is 1.43. The molecule has 24 heavy (non-hydrogen) atoms. The normalized spacial score (nSPS) is 10.1. The van der Waals surface area contributed by atoms with Gasteiger partial charge in [-0.05, 0) is 18.1 Å². The summed E-state index contributed by atoms with van der Waals surface area (Å²) in [5, 5.41) is 25.2. The Kier molecular flexibility index (Phi) is 8.52. The molecule has 0 fully saturated rings. The van der Waals surface area contributed by atoms with Crippen LogP contribution < -0.4 is 4.74 Å². The van der Waals surface area contributed by atoms with Crippen molar-refractivity contribution in [2.45, 2.75) is 40.0 Å². The third-order valence-corrected chi connectivity index (χ3v) is 3.05. The molecule has 1 aromatic rings. The molecule has 1 aromatic carbocycles. The molecule has 0 aliphatic carbocycles. The molecule has 0 unspecified atom stereocenters. The molecule has 0 radical (unpaired) electrons. The molecule has 134 valence electrons. The molecule has 0 amide bonds. The topological polar surface area (TPSA) is 121 Å². The Hall–Kier alpha value is -2.57. The Morgan fingerprint density at radius 1 is 1.04 bits per heavy atom. The summed E-state index contributed by atoms with van der Waals surface area (Å²) < 4.78 is 5.21. The zero-order valence-electron chi connectivity index (χ0n) is 14.5. The lowest BCUT2D eigenvalue weighted by Gasteiger charge is -2.18. The van der Waals surface area contributed by atoms with Gasteiger partial charge in [-0.15, -0.1) is 0 Å². The Labute approximate surface area is 140 Å². The number of hydrogen-bond acceptors (Lipinski definition) is 5. The van der Waals surface area contributed by atoms with Crippen LogP contribution in [0, 0.1) is 5.92 Å². The van der Waals surface area contributed by atoms with Crippen molar-refractivity contribution in [2.75, 3.05) is 7.11 Å². The number of benzene rings is 1. The van der Waals surface area contributed by atoms with Gasteiger partial charge in [0.15, 0.2) is 17.3 Å². The predicted octanol–water partition coefficient (Wildman–Crippen LogP) is 2.91. The van der Waals surface area contributed by atoms with E-state index in [9.17, 15) is 19.5 Å². The first-order valence-electron chi connectivity index (χ1n) is 7.40. The van der Waals surface area contributed by atoms with E-state index in [0.717, 1.165) is 5.56 Å². The van der Waals surface area contributed by atoms with Crippen LogP contribution in [0.5, 0.6) is 11.5 Å². The molecule has 3 N–H and O–H groups in total. The SMILES string of the molecule is COc1c(O)ccc(C(=O)C(C)C)c1C(C)C.O=C(O)CC(=O)O. The summed E-state index contributed by atoms with van der Waals surface area (Å²) in [6.07, 6.45) is -0.806. The van der Waals surface area contributed by atoms with Crippen molar-refractivity contribution < 1.29 is 34.4 Å². The van der Waals surface area contributed by atoms with Gasteiger partial charge in [-0.1, -0.05) is 27.7 Å². The number of Topliss-reactive ketones (excluding diaryl/α,β-unsaturated/α-hetero) is 1. The molecule has 7 nitrogen and oxygen atoms in total. The number of carbonyl (C=O) groups is 3. The molecule has 0 aromatic heterocycles. The molecule has 0 atom stereocenters. The summed E-state index contributed by atoms with van der Waals surface area (Å²) in [5.74, 6) is -2.01. The van der Waals surface area contributed by atoms with Crippen LogP contribution in [0.3, 0.4) is 0 Å². The highest BCUT2D eigenvalue weighted by Crippen LogP contribution is 2.38. The van der Waals surface area contributed by atoms with Crippen LogP contribution in [0.1, 0.15) is 56.0 Å². The number of carbonyl (C=O) groups excluding carboxylic acids is 1. The van der Waals surface area contributed by atoms with Crippen molar-refractivity contribution in [1.82, 2.24) is 0 Å². The van der Waals surface area contributed by atoms with Crippen LogP contribution in [0.25, 0.3) is 0 Å². The van der Waals surface area contributed by atoms with E-state index in [1.54, 1.807) is 6.07 Å². The minimum atomic E-state index is -1.31. The van der Waals surface area contributed by atoms with Crippen molar-refractivity contribution in [2.24, 2.45) is 5.92 Å². The van der Waals surface area contributed by atoms with E-state index in [1.807, 2.05) is 27.7 Å². The first kappa shape index (κ1) is 21.4. The quantitative estimate of drug-likeness (QED) is 0.537. The van der Waals surface area contributed by atoms with Crippen molar-refractivity contribution in [1.29, 1.82) is 0 Å². The summed E-state index contributed by atoms with van der Waals surface area (Å²) in [4.78, 5) is 31.0. The second-order valence-electron chi connectivity index (χ2n) is 5.72. The number of phenols is 1. The number of phenolic OH excluding ortho intramolecular Hbond substituents is 1. The van der Waals surface area contributed by atoms with E-state index < -0.39 is 18.4 Å². The fraction of sp³-hybridized carbons (Fsp3) is 0.471. The molecular formula is C17H24O7. The number of carboxylic acids is 2. The molecule has 0 aliphatic heterocycles. The predicted molar refractivity (Wildman–Crippen MR) is 87.8 cm³/mol. The fourth-order valence-electron chi connectivity index (χ4n) is 2.03. The maximum atomic E-state index is 12.1.